The zero-order valence-electron chi connectivity index (χ0n) is 41.1. The largest absolute Gasteiger partial charge is 0.508 e. The fourth-order valence-electron chi connectivity index (χ4n) is 8.84. The summed E-state index contributed by atoms with van der Waals surface area (Å²) in [4.78, 5) is 61.2. The van der Waals surface area contributed by atoms with Crippen molar-refractivity contribution >= 4 is 22.8 Å². The van der Waals surface area contributed by atoms with Gasteiger partial charge in [-0.05, 0) is 114 Å². The Hall–Kier alpha value is -8.67. The maximum Gasteiger partial charge on any atom is 0.336 e. The molecule has 4 aromatic heterocycles. The average molecular weight is 1010 g/mol. The molecule has 1 aliphatic carbocycles. The predicted octanol–water partition coefficient (Wildman–Crippen LogP) is 8.80. The van der Waals surface area contributed by atoms with Crippen LogP contribution in [0, 0.1) is 0 Å². The van der Waals surface area contributed by atoms with Crippen LogP contribution in [0.4, 0.5) is 0 Å². The Labute approximate surface area is 433 Å². The smallest absolute Gasteiger partial charge is 0.336 e. The molecule has 1 aliphatic heterocycles. The van der Waals surface area contributed by atoms with Crippen LogP contribution in [0.2, 0.25) is 0 Å². The summed E-state index contributed by atoms with van der Waals surface area (Å²) in [6.45, 7) is 5.25. The standard InChI is InChI=1S/C59H55N7O9/c67-48-14-17-52-55(33-48)75-56-34-49(68)15-18-53(56)57(52)51-16-13-43(32-54(51)59(70)71)58(69)64-23-24-72-25-26-73-27-28-74-50-30-41(35-65(37-44-9-1-5-19-60-44)38-45-10-2-6-20-61-45)29-42(31-50)36-66(39-46-11-3-7-21-62-46)40-47-12-4-8-22-63-47/h1-22,29-34,67H,23-28,35-40H2,(H,64,69)(H,70,71). The highest BCUT2D eigenvalue weighted by Gasteiger charge is 2.24. The molecule has 9 rings (SSSR count). The van der Waals surface area contributed by atoms with E-state index in [2.05, 4.69) is 53.3 Å². The Bertz CT molecular complexity index is 3160. The molecule has 3 N–H and O–H groups in total. The van der Waals surface area contributed by atoms with Gasteiger partial charge in [-0.15, -0.1) is 0 Å². The van der Waals surface area contributed by atoms with Gasteiger partial charge in [-0.2, -0.15) is 0 Å². The van der Waals surface area contributed by atoms with Gasteiger partial charge in [0.25, 0.3) is 5.91 Å². The van der Waals surface area contributed by atoms with Crippen molar-refractivity contribution in [2.75, 3.05) is 39.6 Å². The molecule has 0 radical (unpaired) electrons. The van der Waals surface area contributed by atoms with Crippen LogP contribution < -0.4 is 15.5 Å². The van der Waals surface area contributed by atoms with Gasteiger partial charge in [-0.25, -0.2) is 4.79 Å². The third-order valence-electron chi connectivity index (χ3n) is 12.1. The molecule has 0 atom stereocenters. The lowest BCUT2D eigenvalue weighted by atomic mass is 9.90. The van der Waals surface area contributed by atoms with E-state index in [9.17, 15) is 24.6 Å². The van der Waals surface area contributed by atoms with Crippen molar-refractivity contribution < 1.29 is 38.4 Å². The summed E-state index contributed by atoms with van der Waals surface area (Å²) in [5.74, 6) is -0.841. The van der Waals surface area contributed by atoms with E-state index in [-0.39, 0.29) is 53.4 Å². The first-order chi connectivity index (χ1) is 36.7. The predicted molar refractivity (Wildman–Crippen MR) is 282 cm³/mol. The normalized spacial score (nSPS) is 11.4. The molecular formula is C59H55N7O9. The van der Waals surface area contributed by atoms with E-state index >= 15 is 0 Å². The number of benzene rings is 4. The molecule has 3 aromatic carbocycles. The zero-order chi connectivity index (χ0) is 51.8. The number of nitrogens with one attached hydrogen (secondary N) is 1. The van der Waals surface area contributed by atoms with Gasteiger partial charge in [-0.3, -0.25) is 39.3 Å². The molecule has 16 nitrogen and oxygen atoms in total. The minimum Gasteiger partial charge on any atom is -0.508 e. The van der Waals surface area contributed by atoms with Gasteiger partial charge < -0.3 is 34.2 Å². The fraction of sp³-hybridized carbons (Fsp3) is 0.203. The molecule has 380 valence electrons. The second-order valence-corrected chi connectivity index (χ2v) is 17.8. The molecule has 75 heavy (non-hydrogen) atoms. The van der Waals surface area contributed by atoms with E-state index in [1.165, 1.54) is 30.3 Å². The van der Waals surface area contributed by atoms with E-state index in [0.29, 0.717) is 86.9 Å². The van der Waals surface area contributed by atoms with E-state index in [1.807, 2.05) is 97.6 Å². The number of fused-ring (bicyclic) bond motifs is 2. The Morgan fingerprint density at radius 3 is 1.65 bits per heavy atom. The highest BCUT2D eigenvalue weighted by molar-refractivity contribution is 6.09. The molecule has 0 spiro atoms. The van der Waals surface area contributed by atoms with Crippen LogP contribution in [0.3, 0.4) is 0 Å². The lowest BCUT2D eigenvalue weighted by Gasteiger charge is -2.25. The highest BCUT2D eigenvalue weighted by atomic mass is 16.5. The first-order valence-corrected chi connectivity index (χ1v) is 24.5. The van der Waals surface area contributed by atoms with Gasteiger partial charge in [0, 0.05) is 105 Å². The second kappa shape index (κ2) is 25.3. The van der Waals surface area contributed by atoms with Gasteiger partial charge in [0.1, 0.15) is 29.4 Å². The number of aromatic hydroxyl groups is 1. The average Bonchev–Trinajstić information content (AvgIpc) is 3.43. The number of carbonyl (C=O) groups excluding carboxylic acids is 1. The van der Waals surface area contributed by atoms with E-state index < -0.39 is 11.9 Å². The van der Waals surface area contributed by atoms with Crippen molar-refractivity contribution in [3.8, 4) is 33.9 Å². The Morgan fingerprint density at radius 1 is 0.560 bits per heavy atom. The van der Waals surface area contributed by atoms with Crippen LogP contribution in [0.15, 0.2) is 180 Å². The lowest BCUT2D eigenvalue weighted by molar-refractivity contribution is 0.0370. The van der Waals surface area contributed by atoms with Crippen molar-refractivity contribution in [1.29, 1.82) is 0 Å². The summed E-state index contributed by atoms with van der Waals surface area (Å²) in [7, 11) is 0. The van der Waals surface area contributed by atoms with Crippen LogP contribution in [-0.4, -0.2) is 91.4 Å². The number of rotatable bonds is 25. The van der Waals surface area contributed by atoms with Gasteiger partial charge in [0.15, 0.2) is 5.43 Å². The number of hydrogen-bond acceptors (Lipinski definition) is 14. The number of aromatic carboxylic acids is 1. The minimum absolute atomic E-state index is 0.0575. The first-order valence-electron chi connectivity index (χ1n) is 24.5. The Morgan fingerprint density at radius 2 is 1.11 bits per heavy atom. The number of carboxylic acids is 1. The molecule has 16 heteroatoms. The summed E-state index contributed by atoms with van der Waals surface area (Å²) in [6.07, 6.45) is 7.25. The third kappa shape index (κ3) is 14.3. The maximum absolute atomic E-state index is 13.2. The van der Waals surface area contributed by atoms with Crippen molar-refractivity contribution in [3.63, 3.8) is 0 Å². The topological polar surface area (TPSA) is 203 Å². The van der Waals surface area contributed by atoms with Crippen molar-refractivity contribution in [3.05, 3.63) is 226 Å². The van der Waals surface area contributed by atoms with E-state index in [4.69, 9.17) is 18.6 Å². The van der Waals surface area contributed by atoms with Crippen molar-refractivity contribution in [2.24, 2.45) is 0 Å². The van der Waals surface area contributed by atoms with Gasteiger partial charge in [-0.1, -0.05) is 36.4 Å². The van der Waals surface area contributed by atoms with Crippen molar-refractivity contribution in [2.45, 2.75) is 39.3 Å². The quantitative estimate of drug-likeness (QED) is 0.0362. The number of amides is 1. The van der Waals surface area contributed by atoms with Crippen molar-refractivity contribution in [1.82, 2.24) is 35.1 Å². The zero-order valence-corrected chi connectivity index (χ0v) is 41.1. The number of pyridine rings is 4. The molecule has 1 amide bonds. The summed E-state index contributed by atoms with van der Waals surface area (Å²) in [5, 5.41) is 23.8. The third-order valence-corrected chi connectivity index (χ3v) is 12.1. The number of ether oxygens (including phenoxy) is 3. The number of carbonyl (C=O) groups is 2. The van der Waals surface area contributed by atoms with Crippen LogP contribution in [0.5, 0.6) is 11.5 Å². The maximum atomic E-state index is 13.2. The fourth-order valence-corrected chi connectivity index (χ4v) is 8.84. The number of nitrogens with zero attached hydrogens (tertiary/aromatic N) is 6. The summed E-state index contributed by atoms with van der Waals surface area (Å²) in [6, 6.07) is 43.3. The summed E-state index contributed by atoms with van der Waals surface area (Å²) in [5.41, 5.74) is 7.26. The molecule has 2 aliphatic rings. The monoisotopic (exact) mass is 1010 g/mol. The number of hydrogen-bond donors (Lipinski definition) is 3. The van der Waals surface area contributed by atoms with E-state index in [1.54, 1.807) is 24.3 Å². The van der Waals surface area contributed by atoms with Crippen LogP contribution >= 0.6 is 0 Å². The molecule has 0 fully saturated rings. The molecule has 0 bridgehead atoms. The Kier molecular flexibility index (Phi) is 17.3. The number of carboxylic acid groups (broad SMARTS) is 1. The molecular weight excluding hydrogens is 951 g/mol. The molecule has 5 heterocycles. The second-order valence-electron chi connectivity index (χ2n) is 17.8. The number of phenolic OH excluding ortho intramolecular Hbond substituents is 1. The summed E-state index contributed by atoms with van der Waals surface area (Å²) >= 11 is 0. The van der Waals surface area contributed by atoms with E-state index in [0.717, 1.165) is 33.9 Å². The van der Waals surface area contributed by atoms with Crippen LogP contribution in [0.1, 0.15) is 54.6 Å². The van der Waals surface area contributed by atoms with Crippen LogP contribution in [-0.2, 0) is 48.7 Å². The summed E-state index contributed by atoms with van der Waals surface area (Å²) < 4.78 is 23.9. The molecule has 0 saturated heterocycles. The van der Waals surface area contributed by atoms with Crippen LogP contribution in [0.25, 0.3) is 33.4 Å². The molecule has 0 unspecified atom stereocenters. The number of aromatic nitrogens is 4. The van der Waals surface area contributed by atoms with Gasteiger partial charge >= 0.3 is 5.97 Å². The molecule has 0 saturated carbocycles. The number of phenols is 1. The van der Waals surface area contributed by atoms with Gasteiger partial charge in [0.2, 0.25) is 0 Å². The Balaban J connectivity index is 0.801. The SMILES string of the molecule is O=C(NCCOCCOCCOc1cc(CN(Cc2ccccn2)Cc2ccccn2)cc(CN(Cc2ccccn2)Cc2ccccn2)c1)c1ccc(-c2c3ccc(=O)cc-3oc3cc(O)ccc23)c(C(=O)O)c1. The molecule has 7 aromatic rings. The highest BCUT2D eigenvalue weighted by Crippen LogP contribution is 2.42. The van der Waals surface area contributed by atoms with Gasteiger partial charge in [0.05, 0.1) is 54.8 Å². The minimum atomic E-state index is -1.25. The lowest BCUT2D eigenvalue weighted by Crippen LogP contribution is -2.28. The first kappa shape index (κ1) is 51.2.